The number of sulfonamides is 1. The number of hydrogen-bond acceptors (Lipinski definition) is 8. The number of esters is 1. The molecule has 224 valence electrons. The Morgan fingerprint density at radius 1 is 0.929 bits per heavy atom. The number of rotatable bonds is 10. The quantitative estimate of drug-likeness (QED) is 0.343. The van der Waals surface area contributed by atoms with Gasteiger partial charge in [-0.1, -0.05) is 24.3 Å². The van der Waals surface area contributed by atoms with E-state index in [9.17, 15) is 22.8 Å². The van der Waals surface area contributed by atoms with Crippen molar-refractivity contribution in [1.29, 1.82) is 0 Å². The second-order valence-electron chi connectivity index (χ2n) is 9.70. The number of urea groups is 1. The van der Waals surface area contributed by atoms with Crippen LogP contribution in [0.5, 0.6) is 5.75 Å². The molecule has 0 atom stereocenters. The Kier molecular flexibility index (Phi) is 10.6. The van der Waals surface area contributed by atoms with Gasteiger partial charge in [-0.2, -0.15) is 0 Å². The highest BCUT2D eigenvalue weighted by molar-refractivity contribution is 7.90. The van der Waals surface area contributed by atoms with Crippen molar-refractivity contribution in [3.63, 3.8) is 0 Å². The van der Waals surface area contributed by atoms with Gasteiger partial charge < -0.3 is 19.7 Å². The molecule has 1 N–H and O–H groups in total. The molecule has 11 nitrogen and oxygen atoms in total. The summed E-state index contributed by atoms with van der Waals surface area (Å²) < 4.78 is 38.3. The summed E-state index contributed by atoms with van der Waals surface area (Å²) in [5.41, 5.74) is 1.97. The molecule has 0 aliphatic carbocycles. The molecule has 1 aliphatic heterocycles. The second-order valence-corrected chi connectivity index (χ2v) is 11.5. The molecule has 3 aromatic rings. The van der Waals surface area contributed by atoms with Crippen molar-refractivity contribution in [2.75, 3.05) is 46.3 Å². The Labute approximate surface area is 251 Å². The topological polar surface area (TPSA) is 126 Å². The number of likely N-dealkylation sites (N-methyl/N-ethyl adjacent to an activating group) is 1. The molecule has 0 saturated carbocycles. The number of halogens is 1. The Balaban J connectivity index is 0.00000484. The summed E-state index contributed by atoms with van der Waals surface area (Å²) >= 11 is 0. The lowest BCUT2D eigenvalue weighted by Crippen LogP contribution is -2.48. The van der Waals surface area contributed by atoms with Crippen LogP contribution in [0.3, 0.4) is 0 Å². The monoisotopic (exact) mass is 616 g/mol. The summed E-state index contributed by atoms with van der Waals surface area (Å²) in [5, 5.41) is 2.78. The van der Waals surface area contributed by atoms with Gasteiger partial charge in [0.25, 0.3) is 15.9 Å². The van der Waals surface area contributed by atoms with E-state index in [1.54, 1.807) is 31.4 Å². The predicted molar refractivity (Wildman–Crippen MR) is 160 cm³/mol. The molecule has 0 bridgehead atoms. The summed E-state index contributed by atoms with van der Waals surface area (Å²) in [4.78, 5) is 41.2. The molecule has 0 unspecified atom stereocenters. The van der Waals surface area contributed by atoms with Gasteiger partial charge in [-0.05, 0) is 67.7 Å². The van der Waals surface area contributed by atoms with Crippen molar-refractivity contribution in [1.82, 2.24) is 14.5 Å². The van der Waals surface area contributed by atoms with Crippen molar-refractivity contribution >= 4 is 46.0 Å². The largest absolute Gasteiger partial charge is 0.497 e. The normalized spacial score (nSPS) is 13.7. The van der Waals surface area contributed by atoms with E-state index in [0.29, 0.717) is 23.4 Å². The number of nitrogens with one attached hydrogen (secondary N) is 1. The van der Waals surface area contributed by atoms with Crippen LogP contribution in [-0.2, 0) is 27.8 Å². The van der Waals surface area contributed by atoms with Gasteiger partial charge in [0, 0.05) is 25.7 Å². The fraction of sp³-hybridized carbons (Fsp3) is 0.276. The number of fused-ring (bicyclic) bond motifs is 1. The molecular weight excluding hydrogens is 584 g/mol. The van der Waals surface area contributed by atoms with E-state index in [4.69, 9.17) is 9.47 Å². The average molecular weight is 617 g/mol. The third-order valence-corrected chi connectivity index (χ3v) is 8.30. The first-order valence-electron chi connectivity index (χ1n) is 12.8. The zero-order valence-corrected chi connectivity index (χ0v) is 25.3. The van der Waals surface area contributed by atoms with Gasteiger partial charge in [-0.25, -0.2) is 22.3 Å². The number of hydrogen-bond donors (Lipinski definition) is 1. The van der Waals surface area contributed by atoms with E-state index in [-0.39, 0.29) is 48.2 Å². The molecule has 0 aromatic heterocycles. The molecule has 4 rings (SSSR count). The van der Waals surface area contributed by atoms with Crippen LogP contribution in [0.25, 0.3) is 0 Å². The lowest BCUT2D eigenvalue weighted by molar-refractivity contribution is 0.0481. The highest BCUT2D eigenvalue weighted by atomic mass is 35.5. The molecule has 3 aromatic carbocycles. The minimum Gasteiger partial charge on any atom is -0.497 e. The zero-order valence-electron chi connectivity index (χ0n) is 23.7. The van der Waals surface area contributed by atoms with E-state index in [1.165, 1.54) is 42.3 Å². The van der Waals surface area contributed by atoms with Crippen molar-refractivity contribution in [3.8, 4) is 5.75 Å². The first kappa shape index (κ1) is 32.4. The number of carbonyl (C=O) groups excluding carboxylic acids is 3. The first-order chi connectivity index (χ1) is 19.5. The second kappa shape index (κ2) is 13.7. The third-order valence-electron chi connectivity index (χ3n) is 6.55. The van der Waals surface area contributed by atoms with Gasteiger partial charge in [0.15, 0.2) is 0 Å². The van der Waals surface area contributed by atoms with Crippen molar-refractivity contribution < 1.29 is 32.3 Å². The SMILES string of the molecule is COc1ccc(CNC(=O)c2ccc3c(c2)S(=O)(=O)N(Cc2ccc(C(=O)OCCN(C)C)cc2)C(=O)N3C)cc1.Cl. The maximum atomic E-state index is 13.6. The van der Waals surface area contributed by atoms with Crippen LogP contribution in [0.2, 0.25) is 0 Å². The summed E-state index contributed by atoms with van der Waals surface area (Å²) in [5.74, 6) is -0.262. The van der Waals surface area contributed by atoms with Crippen LogP contribution < -0.4 is 15.0 Å². The fourth-order valence-corrected chi connectivity index (χ4v) is 5.76. The van der Waals surface area contributed by atoms with Crippen LogP contribution in [0.4, 0.5) is 10.5 Å². The Morgan fingerprint density at radius 3 is 2.17 bits per heavy atom. The van der Waals surface area contributed by atoms with E-state index < -0.39 is 27.9 Å². The van der Waals surface area contributed by atoms with Gasteiger partial charge >= 0.3 is 12.0 Å². The maximum absolute atomic E-state index is 13.6. The lowest BCUT2D eigenvalue weighted by atomic mass is 10.1. The number of anilines is 1. The van der Waals surface area contributed by atoms with E-state index >= 15 is 0 Å². The van der Waals surface area contributed by atoms with E-state index in [1.807, 2.05) is 31.1 Å². The van der Waals surface area contributed by atoms with Crippen LogP contribution >= 0.6 is 12.4 Å². The Hall–Kier alpha value is -4.13. The molecule has 0 radical (unpaired) electrons. The van der Waals surface area contributed by atoms with E-state index in [2.05, 4.69) is 5.32 Å². The number of ether oxygens (including phenoxy) is 2. The minimum atomic E-state index is -4.29. The Bertz CT molecular complexity index is 1550. The molecule has 3 amide bonds. The molecule has 42 heavy (non-hydrogen) atoms. The van der Waals surface area contributed by atoms with Crippen molar-refractivity contribution in [2.24, 2.45) is 0 Å². The molecule has 0 spiro atoms. The summed E-state index contributed by atoms with van der Waals surface area (Å²) in [6.07, 6.45) is 0. The van der Waals surface area contributed by atoms with Gasteiger partial charge in [-0.3, -0.25) is 9.69 Å². The molecule has 13 heteroatoms. The van der Waals surface area contributed by atoms with Gasteiger partial charge in [0.1, 0.15) is 17.3 Å². The summed E-state index contributed by atoms with van der Waals surface area (Å²) in [7, 11) is 2.49. The minimum absolute atomic E-state index is 0. The highest BCUT2D eigenvalue weighted by Gasteiger charge is 2.40. The highest BCUT2D eigenvalue weighted by Crippen LogP contribution is 2.35. The number of amides is 3. The van der Waals surface area contributed by atoms with Crippen LogP contribution in [0, 0.1) is 0 Å². The molecule has 0 saturated heterocycles. The molecular formula is C29H33ClN4O7S. The average Bonchev–Trinajstić information content (AvgIpc) is 2.97. The summed E-state index contributed by atoms with van der Waals surface area (Å²) in [6, 6.07) is 16.8. The fourth-order valence-electron chi connectivity index (χ4n) is 4.13. The lowest BCUT2D eigenvalue weighted by Gasteiger charge is -2.34. The Morgan fingerprint density at radius 2 is 1.55 bits per heavy atom. The van der Waals surface area contributed by atoms with Gasteiger partial charge in [0.05, 0.1) is 24.9 Å². The number of benzene rings is 3. The van der Waals surface area contributed by atoms with Gasteiger partial charge in [0.2, 0.25) is 0 Å². The number of methoxy groups -OCH3 is 1. The van der Waals surface area contributed by atoms with Crippen molar-refractivity contribution in [2.45, 2.75) is 18.0 Å². The zero-order chi connectivity index (χ0) is 29.7. The van der Waals surface area contributed by atoms with Crippen molar-refractivity contribution in [3.05, 3.63) is 89.0 Å². The summed E-state index contributed by atoms with van der Waals surface area (Å²) in [6.45, 7) is 0.798. The molecule has 1 heterocycles. The van der Waals surface area contributed by atoms with Crippen LogP contribution in [0.1, 0.15) is 31.8 Å². The predicted octanol–water partition coefficient (Wildman–Crippen LogP) is 3.53. The van der Waals surface area contributed by atoms with Crippen LogP contribution in [-0.4, -0.2) is 76.9 Å². The number of carbonyl (C=O) groups is 3. The molecule has 1 aliphatic rings. The van der Waals surface area contributed by atoms with E-state index in [0.717, 1.165) is 9.87 Å². The standard InChI is InChI=1S/C29H32N4O7S.ClH/c1-31(2)15-16-40-28(35)22-9-5-21(6-10-22)19-33-29(36)32(3)25-14-11-23(17-26(25)41(33,37)38)27(34)30-18-20-7-12-24(39-4)13-8-20;/h5-14,17H,15-16,18-19H2,1-4H3,(H,30,34);1H. The van der Waals surface area contributed by atoms with Crippen LogP contribution in [0.15, 0.2) is 71.6 Å². The number of nitrogens with zero attached hydrogens (tertiary/aromatic N) is 3. The third kappa shape index (κ3) is 7.19. The van der Waals surface area contributed by atoms with Gasteiger partial charge in [-0.15, -0.1) is 12.4 Å². The smallest absolute Gasteiger partial charge is 0.338 e. The molecule has 0 fully saturated rings. The maximum Gasteiger partial charge on any atom is 0.338 e. The first-order valence-corrected chi connectivity index (χ1v) is 14.2.